The van der Waals surface area contributed by atoms with Gasteiger partial charge >= 0.3 is 5.69 Å². The molecule has 1 aliphatic heterocycles. The summed E-state index contributed by atoms with van der Waals surface area (Å²) >= 11 is 0. The first-order valence-corrected chi connectivity index (χ1v) is 6.06. The number of benzene rings is 1. The van der Waals surface area contributed by atoms with E-state index >= 15 is 0 Å². The Bertz CT molecular complexity index is 433. The zero-order valence-electron chi connectivity index (χ0n) is 9.99. The van der Waals surface area contributed by atoms with E-state index in [1.54, 1.807) is 0 Å². The summed E-state index contributed by atoms with van der Waals surface area (Å²) in [6.07, 6.45) is 2.06. The van der Waals surface area contributed by atoms with Crippen LogP contribution < -0.4 is 10.6 Å². The summed E-state index contributed by atoms with van der Waals surface area (Å²) in [6, 6.07) is 4.11. The molecule has 18 heavy (non-hydrogen) atoms. The third-order valence-corrected chi connectivity index (χ3v) is 3.20. The van der Waals surface area contributed by atoms with Gasteiger partial charge in [0.1, 0.15) is 5.69 Å². The largest absolute Gasteiger partial charge is 0.379 e. The Morgan fingerprint density at radius 3 is 3.06 bits per heavy atom. The van der Waals surface area contributed by atoms with Crippen molar-refractivity contribution in [3.63, 3.8) is 0 Å². The van der Waals surface area contributed by atoms with Gasteiger partial charge in [-0.25, -0.2) is 0 Å². The van der Waals surface area contributed by atoms with Gasteiger partial charge in [0.05, 0.1) is 4.92 Å². The quantitative estimate of drug-likeness (QED) is 0.623. The summed E-state index contributed by atoms with van der Waals surface area (Å²) in [4.78, 5) is 10.1. The third kappa shape index (κ3) is 2.95. The van der Waals surface area contributed by atoms with Gasteiger partial charge in [0.15, 0.2) is 0 Å². The first kappa shape index (κ1) is 12.8. The molecule has 1 unspecified atom stereocenters. The van der Waals surface area contributed by atoms with Gasteiger partial charge in [0.2, 0.25) is 5.82 Å². The highest BCUT2D eigenvalue weighted by Gasteiger charge is 2.20. The fourth-order valence-electron chi connectivity index (χ4n) is 2.22. The minimum atomic E-state index is -0.799. The van der Waals surface area contributed by atoms with Crippen molar-refractivity contribution in [2.75, 3.05) is 25.0 Å². The number of nitro groups is 1. The highest BCUT2D eigenvalue weighted by atomic mass is 19.1. The Kier molecular flexibility index (Phi) is 4.09. The van der Waals surface area contributed by atoms with Gasteiger partial charge in [-0.05, 0) is 44.0 Å². The maximum atomic E-state index is 13.3. The topological polar surface area (TPSA) is 67.2 Å². The van der Waals surface area contributed by atoms with Gasteiger partial charge in [0, 0.05) is 6.54 Å². The van der Waals surface area contributed by atoms with Crippen LogP contribution >= 0.6 is 0 Å². The molecule has 1 aromatic rings. The van der Waals surface area contributed by atoms with E-state index in [9.17, 15) is 14.5 Å². The molecule has 1 heterocycles. The average Bonchev–Trinajstić information content (AvgIpc) is 2.81. The van der Waals surface area contributed by atoms with E-state index in [1.165, 1.54) is 12.1 Å². The van der Waals surface area contributed by atoms with E-state index in [1.807, 2.05) is 0 Å². The molecule has 0 aromatic heterocycles. The fourth-order valence-corrected chi connectivity index (χ4v) is 2.22. The van der Waals surface area contributed by atoms with Crippen molar-refractivity contribution in [2.24, 2.45) is 5.92 Å². The number of halogens is 1. The Balaban J connectivity index is 1.96. The number of rotatable bonds is 5. The number of hydrogen-bond donors (Lipinski definition) is 2. The van der Waals surface area contributed by atoms with Crippen LogP contribution in [-0.2, 0) is 0 Å². The first-order chi connectivity index (χ1) is 8.68. The number of anilines is 1. The Morgan fingerprint density at radius 1 is 1.56 bits per heavy atom. The molecule has 1 fully saturated rings. The van der Waals surface area contributed by atoms with E-state index in [-0.39, 0.29) is 5.69 Å². The number of nitrogens with one attached hydrogen (secondary N) is 2. The summed E-state index contributed by atoms with van der Waals surface area (Å²) in [5, 5.41) is 17.0. The van der Waals surface area contributed by atoms with Gasteiger partial charge in [-0.2, -0.15) is 4.39 Å². The Hall–Kier alpha value is -1.69. The zero-order valence-corrected chi connectivity index (χ0v) is 9.99. The summed E-state index contributed by atoms with van der Waals surface area (Å²) < 4.78 is 13.3. The van der Waals surface area contributed by atoms with Crippen LogP contribution in [0, 0.1) is 21.8 Å². The van der Waals surface area contributed by atoms with E-state index in [2.05, 4.69) is 10.6 Å². The summed E-state index contributed by atoms with van der Waals surface area (Å²) in [6.45, 7) is 2.65. The molecule has 2 rings (SSSR count). The predicted octanol–water partition coefficient (Wildman–Crippen LogP) is 2.15. The van der Waals surface area contributed by atoms with Crippen LogP contribution in [0.15, 0.2) is 18.2 Å². The number of nitro benzene ring substituents is 1. The lowest BCUT2D eigenvalue weighted by atomic mass is 10.1. The minimum absolute atomic E-state index is 0.256. The van der Waals surface area contributed by atoms with Crippen LogP contribution in [-0.4, -0.2) is 24.6 Å². The monoisotopic (exact) mass is 253 g/mol. The first-order valence-electron chi connectivity index (χ1n) is 6.06. The lowest BCUT2D eigenvalue weighted by molar-refractivity contribution is -0.386. The third-order valence-electron chi connectivity index (χ3n) is 3.20. The van der Waals surface area contributed by atoms with Gasteiger partial charge in [0.25, 0.3) is 0 Å². The number of hydrogen-bond acceptors (Lipinski definition) is 4. The van der Waals surface area contributed by atoms with Gasteiger partial charge < -0.3 is 10.6 Å². The van der Waals surface area contributed by atoms with Crippen LogP contribution in [0.4, 0.5) is 15.8 Å². The van der Waals surface area contributed by atoms with Gasteiger partial charge in [-0.15, -0.1) is 0 Å². The van der Waals surface area contributed by atoms with Crippen molar-refractivity contribution < 1.29 is 9.31 Å². The van der Waals surface area contributed by atoms with Crippen molar-refractivity contribution in [2.45, 2.75) is 12.8 Å². The van der Waals surface area contributed by atoms with Crippen molar-refractivity contribution in [1.29, 1.82) is 0 Å². The highest BCUT2D eigenvalue weighted by Crippen LogP contribution is 2.27. The minimum Gasteiger partial charge on any atom is -0.379 e. The SMILES string of the molecule is O=[N+]([O-])c1c(F)cccc1NCCC1CCNC1. The fraction of sp³-hybridized carbons (Fsp3) is 0.500. The van der Waals surface area contributed by atoms with E-state index < -0.39 is 16.4 Å². The van der Waals surface area contributed by atoms with Gasteiger partial charge in [-0.3, -0.25) is 10.1 Å². The summed E-state index contributed by atoms with van der Waals surface area (Å²) in [5.74, 6) is -0.197. The van der Waals surface area contributed by atoms with Gasteiger partial charge in [-0.1, -0.05) is 6.07 Å². The maximum absolute atomic E-state index is 13.3. The Morgan fingerprint density at radius 2 is 2.39 bits per heavy atom. The molecule has 0 saturated carbocycles. The van der Waals surface area contributed by atoms with Crippen LogP contribution in [0.25, 0.3) is 0 Å². The second-order valence-electron chi connectivity index (χ2n) is 4.47. The molecule has 6 heteroatoms. The molecule has 5 nitrogen and oxygen atoms in total. The molecule has 2 N–H and O–H groups in total. The molecule has 1 atom stereocenters. The second-order valence-corrected chi connectivity index (χ2v) is 4.47. The molecule has 1 aromatic carbocycles. The lowest BCUT2D eigenvalue weighted by Crippen LogP contribution is -2.13. The smallest absolute Gasteiger partial charge is 0.327 e. The van der Waals surface area contributed by atoms with Crippen LogP contribution in [0.2, 0.25) is 0 Å². The standard InChI is InChI=1S/C12H16FN3O2/c13-10-2-1-3-11(12(10)16(17)18)15-7-5-9-4-6-14-8-9/h1-3,9,14-15H,4-8H2. The molecular weight excluding hydrogens is 237 g/mol. The summed E-state index contributed by atoms with van der Waals surface area (Å²) in [5.41, 5.74) is -0.215. The van der Waals surface area contributed by atoms with Crippen LogP contribution in [0.1, 0.15) is 12.8 Å². The molecule has 0 aliphatic carbocycles. The molecule has 98 valence electrons. The Labute approximate surface area is 105 Å². The summed E-state index contributed by atoms with van der Waals surface area (Å²) in [7, 11) is 0. The number of nitrogens with zero attached hydrogens (tertiary/aromatic N) is 1. The molecular formula is C12H16FN3O2. The second kappa shape index (κ2) is 5.77. The van der Waals surface area contributed by atoms with Crippen molar-refractivity contribution in [3.05, 3.63) is 34.1 Å². The maximum Gasteiger partial charge on any atom is 0.327 e. The lowest BCUT2D eigenvalue weighted by Gasteiger charge is -2.10. The van der Waals surface area contributed by atoms with Crippen molar-refractivity contribution in [1.82, 2.24) is 5.32 Å². The van der Waals surface area contributed by atoms with Crippen LogP contribution in [0.3, 0.4) is 0 Å². The molecule has 1 aliphatic rings. The van der Waals surface area contributed by atoms with E-state index in [0.717, 1.165) is 32.0 Å². The molecule has 0 bridgehead atoms. The van der Waals surface area contributed by atoms with Crippen molar-refractivity contribution in [3.8, 4) is 0 Å². The molecule has 0 radical (unpaired) electrons. The molecule has 0 amide bonds. The molecule has 0 spiro atoms. The predicted molar refractivity (Wildman–Crippen MR) is 67.1 cm³/mol. The van der Waals surface area contributed by atoms with E-state index in [4.69, 9.17) is 0 Å². The number of para-hydroxylation sites is 1. The molecule has 1 saturated heterocycles. The van der Waals surface area contributed by atoms with E-state index in [0.29, 0.717) is 12.5 Å². The highest BCUT2D eigenvalue weighted by molar-refractivity contribution is 5.61. The zero-order chi connectivity index (χ0) is 13.0. The van der Waals surface area contributed by atoms with Crippen molar-refractivity contribution >= 4 is 11.4 Å². The van der Waals surface area contributed by atoms with Crippen LogP contribution in [0.5, 0.6) is 0 Å². The normalized spacial score (nSPS) is 18.8. The average molecular weight is 253 g/mol.